The zero-order chi connectivity index (χ0) is 22.0. The quantitative estimate of drug-likeness (QED) is 0.255. The van der Waals surface area contributed by atoms with Gasteiger partial charge in [-0.3, -0.25) is 14.4 Å². The highest BCUT2D eigenvalue weighted by atomic mass is 35.5. The van der Waals surface area contributed by atoms with Gasteiger partial charge in [0, 0.05) is 22.9 Å². The number of halogens is 1. The van der Waals surface area contributed by atoms with Crippen molar-refractivity contribution in [1.82, 2.24) is 0 Å². The molecule has 7 heteroatoms. The number of carbonyl (C=O) groups excluding carboxylic acids is 3. The Morgan fingerprint density at radius 2 is 1.58 bits per heavy atom. The van der Waals surface area contributed by atoms with Crippen molar-refractivity contribution < 1.29 is 23.5 Å². The Kier molecular flexibility index (Phi) is 5.56. The van der Waals surface area contributed by atoms with Crippen LogP contribution in [0.2, 0.25) is 5.02 Å². The summed E-state index contributed by atoms with van der Waals surface area (Å²) in [4.78, 5) is 37.5. The number of esters is 1. The molecule has 0 radical (unpaired) electrons. The molecule has 0 spiro atoms. The van der Waals surface area contributed by atoms with E-state index in [4.69, 9.17) is 20.8 Å². The smallest absolute Gasteiger partial charge is 0.308 e. The molecule has 4 rings (SSSR count). The maximum Gasteiger partial charge on any atom is 0.308 e. The summed E-state index contributed by atoms with van der Waals surface area (Å²) in [6, 6.07) is 19.7. The third-order valence-electron chi connectivity index (χ3n) is 4.53. The Balaban J connectivity index is 1.76. The summed E-state index contributed by atoms with van der Waals surface area (Å²) < 4.78 is 10.9. The normalized spacial score (nSPS) is 10.6. The molecule has 0 unspecified atom stereocenters. The molecule has 0 saturated carbocycles. The molecule has 6 nitrogen and oxygen atoms in total. The molecular weight excluding hydrogens is 418 g/mol. The lowest BCUT2D eigenvalue weighted by molar-refractivity contribution is -0.131. The first-order valence-corrected chi connectivity index (χ1v) is 9.72. The number of nitrogens with one attached hydrogen (secondary N) is 1. The highest BCUT2D eigenvalue weighted by molar-refractivity contribution is 6.30. The molecule has 154 valence electrons. The minimum Gasteiger partial charge on any atom is -0.450 e. The standard InChI is InChI=1S/C24H16ClNO5/c1-14(27)30-20-9-5-3-7-18(20)24(29)26-21-17-6-2-4-8-19(17)31-23(21)22(28)15-10-12-16(25)13-11-15/h2-13H,1H3,(H,26,29). The molecule has 1 amide bonds. The number of benzene rings is 3. The number of para-hydroxylation sites is 2. The van der Waals surface area contributed by atoms with Gasteiger partial charge in [0.05, 0.1) is 11.3 Å². The van der Waals surface area contributed by atoms with E-state index in [2.05, 4.69) is 5.32 Å². The summed E-state index contributed by atoms with van der Waals surface area (Å²) in [7, 11) is 0. The third-order valence-corrected chi connectivity index (χ3v) is 4.78. The van der Waals surface area contributed by atoms with Crippen LogP contribution >= 0.6 is 11.6 Å². The predicted octanol–water partition coefficient (Wildman–Crippen LogP) is 5.49. The first-order chi connectivity index (χ1) is 14.9. The maximum atomic E-state index is 13.1. The van der Waals surface area contributed by atoms with Crippen molar-refractivity contribution in [1.29, 1.82) is 0 Å². The van der Waals surface area contributed by atoms with Gasteiger partial charge in [0.1, 0.15) is 11.3 Å². The molecule has 31 heavy (non-hydrogen) atoms. The molecule has 0 aliphatic carbocycles. The summed E-state index contributed by atoms with van der Waals surface area (Å²) in [6.07, 6.45) is 0. The van der Waals surface area contributed by atoms with E-state index in [9.17, 15) is 14.4 Å². The molecule has 0 aliphatic heterocycles. The average molecular weight is 434 g/mol. The zero-order valence-electron chi connectivity index (χ0n) is 16.3. The van der Waals surface area contributed by atoms with Gasteiger partial charge in [-0.05, 0) is 48.5 Å². The number of ketones is 1. The minimum absolute atomic E-state index is 0.0122. The van der Waals surface area contributed by atoms with Crippen LogP contribution < -0.4 is 10.1 Å². The van der Waals surface area contributed by atoms with E-state index in [1.54, 1.807) is 60.7 Å². The highest BCUT2D eigenvalue weighted by Gasteiger charge is 2.24. The van der Waals surface area contributed by atoms with Crippen LogP contribution in [-0.4, -0.2) is 17.7 Å². The van der Waals surface area contributed by atoms with E-state index in [0.29, 0.717) is 21.6 Å². The molecular formula is C24H16ClNO5. The van der Waals surface area contributed by atoms with Crippen LogP contribution in [-0.2, 0) is 4.79 Å². The summed E-state index contributed by atoms with van der Waals surface area (Å²) >= 11 is 5.92. The molecule has 0 atom stereocenters. The van der Waals surface area contributed by atoms with Crippen molar-refractivity contribution in [2.24, 2.45) is 0 Å². The van der Waals surface area contributed by atoms with Crippen LogP contribution in [0, 0.1) is 0 Å². The van der Waals surface area contributed by atoms with Gasteiger partial charge in [0.2, 0.25) is 5.78 Å². The highest BCUT2D eigenvalue weighted by Crippen LogP contribution is 2.33. The van der Waals surface area contributed by atoms with E-state index < -0.39 is 17.7 Å². The van der Waals surface area contributed by atoms with Crippen molar-refractivity contribution >= 4 is 45.9 Å². The fraction of sp³-hybridized carbons (Fsp3) is 0.0417. The molecule has 1 aromatic heterocycles. The second-order valence-electron chi connectivity index (χ2n) is 6.68. The Morgan fingerprint density at radius 3 is 2.32 bits per heavy atom. The van der Waals surface area contributed by atoms with E-state index in [0.717, 1.165) is 0 Å². The molecule has 0 saturated heterocycles. The zero-order valence-corrected chi connectivity index (χ0v) is 17.1. The second-order valence-corrected chi connectivity index (χ2v) is 7.12. The number of rotatable bonds is 5. The van der Waals surface area contributed by atoms with Gasteiger partial charge in [-0.1, -0.05) is 35.9 Å². The average Bonchev–Trinajstić information content (AvgIpc) is 3.12. The lowest BCUT2D eigenvalue weighted by Gasteiger charge is -2.10. The minimum atomic E-state index is -0.549. The fourth-order valence-electron chi connectivity index (χ4n) is 3.14. The Hall–Kier alpha value is -3.90. The van der Waals surface area contributed by atoms with Gasteiger partial charge < -0.3 is 14.5 Å². The van der Waals surface area contributed by atoms with Crippen LogP contribution in [0.3, 0.4) is 0 Å². The number of furan rings is 1. The van der Waals surface area contributed by atoms with Crippen LogP contribution in [0.15, 0.2) is 77.2 Å². The van der Waals surface area contributed by atoms with Crippen molar-refractivity contribution in [2.45, 2.75) is 6.92 Å². The van der Waals surface area contributed by atoms with E-state index in [1.807, 2.05) is 0 Å². The van der Waals surface area contributed by atoms with Crippen LogP contribution in [0.5, 0.6) is 5.75 Å². The monoisotopic (exact) mass is 433 g/mol. The van der Waals surface area contributed by atoms with Crippen LogP contribution in [0.25, 0.3) is 11.0 Å². The van der Waals surface area contributed by atoms with Gasteiger partial charge in [-0.15, -0.1) is 0 Å². The van der Waals surface area contributed by atoms with Crippen molar-refractivity contribution in [3.63, 3.8) is 0 Å². The molecule has 0 bridgehead atoms. The van der Waals surface area contributed by atoms with Crippen molar-refractivity contribution in [3.8, 4) is 5.75 Å². The Labute approximate surface area is 182 Å². The fourth-order valence-corrected chi connectivity index (χ4v) is 3.27. The largest absolute Gasteiger partial charge is 0.450 e. The topological polar surface area (TPSA) is 85.6 Å². The van der Waals surface area contributed by atoms with Crippen LogP contribution in [0.4, 0.5) is 5.69 Å². The number of hydrogen-bond acceptors (Lipinski definition) is 5. The third kappa shape index (κ3) is 4.20. The lowest BCUT2D eigenvalue weighted by Crippen LogP contribution is -2.16. The first kappa shape index (κ1) is 20.4. The number of anilines is 1. The molecule has 4 aromatic rings. The van der Waals surface area contributed by atoms with Crippen molar-refractivity contribution in [2.75, 3.05) is 5.32 Å². The number of hydrogen-bond donors (Lipinski definition) is 1. The SMILES string of the molecule is CC(=O)Oc1ccccc1C(=O)Nc1c(C(=O)c2ccc(Cl)cc2)oc2ccccc12. The molecule has 3 aromatic carbocycles. The van der Waals surface area contributed by atoms with E-state index in [1.165, 1.54) is 19.1 Å². The molecule has 1 N–H and O–H groups in total. The predicted molar refractivity (Wildman–Crippen MR) is 117 cm³/mol. The Morgan fingerprint density at radius 1 is 0.903 bits per heavy atom. The number of carbonyl (C=O) groups is 3. The summed E-state index contributed by atoms with van der Waals surface area (Å²) in [5.41, 5.74) is 1.19. The van der Waals surface area contributed by atoms with Gasteiger partial charge in [0.25, 0.3) is 5.91 Å². The molecule has 1 heterocycles. The van der Waals surface area contributed by atoms with E-state index >= 15 is 0 Å². The maximum absolute atomic E-state index is 13.1. The van der Waals surface area contributed by atoms with Gasteiger partial charge in [0.15, 0.2) is 5.76 Å². The second kappa shape index (κ2) is 8.45. The van der Waals surface area contributed by atoms with E-state index in [-0.39, 0.29) is 22.8 Å². The molecule has 0 fully saturated rings. The Bertz CT molecular complexity index is 1310. The number of ether oxygens (including phenoxy) is 1. The lowest BCUT2D eigenvalue weighted by atomic mass is 10.1. The summed E-state index contributed by atoms with van der Waals surface area (Å²) in [6.45, 7) is 1.25. The number of fused-ring (bicyclic) bond motifs is 1. The number of amides is 1. The first-order valence-electron chi connectivity index (χ1n) is 9.34. The van der Waals surface area contributed by atoms with Gasteiger partial charge in [-0.2, -0.15) is 0 Å². The van der Waals surface area contributed by atoms with Gasteiger partial charge in [-0.25, -0.2) is 0 Å². The summed E-state index contributed by atoms with van der Waals surface area (Å²) in [5, 5.41) is 3.82. The van der Waals surface area contributed by atoms with Gasteiger partial charge >= 0.3 is 5.97 Å². The molecule has 0 aliphatic rings. The summed E-state index contributed by atoms with van der Waals surface area (Å²) in [5.74, 6) is -1.40. The van der Waals surface area contributed by atoms with Crippen molar-refractivity contribution in [3.05, 3.63) is 94.7 Å². The van der Waals surface area contributed by atoms with Crippen LogP contribution in [0.1, 0.15) is 33.4 Å².